The van der Waals surface area contributed by atoms with E-state index in [9.17, 15) is 0 Å². The van der Waals surface area contributed by atoms with Crippen molar-refractivity contribution in [1.29, 1.82) is 0 Å². The molecule has 2 rings (SSSR count). The minimum atomic E-state index is -0.0255. The molecule has 1 aromatic rings. The van der Waals surface area contributed by atoms with Gasteiger partial charge < -0.3 is 10.6 Å². The van der Waals surface area contributed by atoms with Crippen LogP contribution in [-0.4, -0.2) is 19.0 Å². The summed E-state index contributed by atoms with van der Waals surface area (Å²) in [6.45, 7) is 0.990. The molecule has 1 aromatic carbocycles. The summed E-state index contributed by atoms with van der Waals surface area (Å²) in [5, 5.41) is 0. The van der Waals surface area contributed by atoms with Crippen molar-refractivity contribution in [3.63, 3.8) is 0 Å². The van der Waals surface area contributed by atoms with E-state index in [0.29, 0.717) is 0 Å². The molecule has 1 saturated carbocycles. The predicted octanol–water partition coefficient (Wildman–Crippen LogP) is 2.09. The zero-order valence-corrected chi connectivity index (χ0v) is 9.66. The topological polar surface area (TPSA) is 29.3 Å². The van der Waals surface area contributed by atoms with Crippen LogP contribution < -0.4 is 5.73 Å². The lowest BCUT2D eigenvalue weighted by Crippen LogP contribution is -2.43. The van der Waals surface area contributed by atoms with Crippen LogP contribution in [0.3, 0.4) is 0 Å². The lowest BCUT2D eigenvalue weighted by Gasteiger charge is -2.38. The summed E-state index contributed by atoms with van der Waals surface area (Å²) in [6, 6.07) is 8.73. The van der Waals surface area contributed by atoms with E-state index in [0.717, 1.165) is 19.4 Å². The van der Waals surface area contributed by atoms with Crippen LogP contribution in [0, 0.1) is 0 Å². The number of benzene rings is 1. The van der Waals surface area contributed by atoms with Gasteiger partial charge in [-0.25, -0.2) is 0 Å². The van der Waals surface area contributed by atoms with Crippen LogP contribution in [0.15, 0.2) is 24.3 Å². The molecule has 0 radical (unpaired) electrons. The molecule has 2 N–H and O–H groups in total. The Hall–Kier alpha value is -0.860. The summed E-state index contributed by atoms with van der Waals surface area (Å²) in [4.78, 5) is 2.18. The molecule has 0 aromatic heterocycles. The van der Waals surface area contributed by atoms with Gasteiger partial charge in [-0.2, -0.15) is 0 Å². The standard InChI is InChI=1S/C13H20N2/c1-15(2)10-11-5-3-6-12(9-11)13(14)7-4-8-13/h3,5-6,9H,4,7-8,10,14H2,1-2H3. The summed E-state index contributed by atoms with van der Waals surface area (Å²) in [7, 11) is 4.18. The Labute approximate surface area is 92.1 Å². The number of rotatable bonds is 3. The number of hydrogen-bond acceptors (Lipinski definition) is 2. The maximum Gasteiger partial charge on any atom is 0.0409 e. The van der Waals surface area contributed by atoms with Crippen molar-refractivity contribution in [2.24, 2.45) is 5.73 Å². The molecule has 0 amide bonds. The molecule has 1 fully saturated rings. The van der Waals surface area contributed by atoms with E-state index in [4.69, 9.17) is 5.73 Å². The molecule has 0 heterocycles. The highest BCUT2D eigenvalue weighted by molar-refractivity contribution is 5.31. The largest absolute Gasteiger partial charge is 0.321 e. The van der Waals surface area contributed by atoms with Gasteiger partial charge in [-0.15, -0.1) is 0 Å². The summed E-state index contributed by atoms with van der Waals surface area (Å²) in [5.74, 6) is 0. The molecule has 0 spiro atoms. The molecule has 82 valence electrons. The SMILES string of the molecule is CN(C)Cc1cccc(C2(N)CCC2)c1. The molecule has 1 aliphatic rings. The highest BCUT2D eigenvalue weighted by Gasteiger charge is 2.34. The third kappa shape index (κ3) is 2.21. The molecular formula is C13H20N2. The fourth-order valence-corrected chi connectivity index (χ4v) is 2.19. The Morgan fingerprint density at radius 3 is 2.60 bits per heavy atom. The van der Waals surface area contributed by atoms with E-state index >= 15 is 0 Å². The Balaban J connectivity index is 2.19. The van der Waals surface area contributed by atoms with Gasteiger partial charge in [-0.05, 0) is 44.5 Å². The molecule has 0 unspecified atom stereocenters. The number of hydrogen-bond donors (Lipinski definition) is 1. The van der Waals surface area contributed by atoms with E-state index in [1.165, 1.54) is 17.5 Å². The second-order valence-corrected chi connectivity index (χ2v) is 4.95. The van der Waals surface area contributed by atoms with Crippen LogP contribution in [-0.2, 0) is 12.1 Å². The first kappa shape index (κ1) is 10.7. The van der Waals surface area contributed by atoms with Crippen molar-refractivity contribution in [1.82, 2.24) is 4.90 Å². The van der Waals surface area contributed by atoms with Gasteiger partial charge in [0.15, 0.2) is 0 Å². The molecule has 2 heteroatoms. The third-order valence-corrected chi connectivity index (χ3v) is 3.25. The Kier molecular flexibility index (Phi) is 2.81. The lowest BCUT2D eigenvalue weighted by molar-refractivity contribution is 0.253. The van der Waals surface area contributed by atoms with E-state index in [1.54, 1.807) is 0 Å². The first-order valence-electron chi connectivity index (χ1n) is 5.63. The molecular weight excluding hydrogens is 184 g/mol. The minimum Gasteiger partial charge on any atom is -0.321 e. The summed E-state index contributed by atoms with van der Waals surface area (Å²) in [6.07, 6.45) is 3.55. The van der Waals surface area contributed by atoms with Crippen LogP contribution in [0.2, 0.25) is 0 Å². The van der Waals surface area contributed by atoms with Crippen LogP contribution >= 0.6 is 0 Å². The van der Waals surface area contributed by atoms with Crippen molar-refractivity contribution in [2.45, 2.75) is 31.3 Å². The van der Waals surface area contributed by atoms with Gasteiger partial charge in [0, 0.05) is 12.1 Å². The molecule has 0 atom stereocenters. The average Bonchev–Trinajstić information content (AvgIpc) is 2.13. The maximum atomic E-state index is 6.31. The monoisotopic (exact) mass is 204 g/mol. The van der Waals surface area contributed by atoms with Crippen molar-refractivity contribution >= 4 is 0 Å². The fraction of sp³-hybridized carbons (Fsp3) is 0.538. The molecule has 15 heavy (non-hydrogen) atoms. The zero-order chi connectivity index (χ0) is 10.9. The van der Waals surface area contributed by atoms with Crippen molar-refractivity contribution in [3.8, 4) is 0 Å². The van der Waals surface area contributed by atoms with Crippen LogP contribution in [0.1, 0.15) is 30.4 Å². The highest BCUT2D eigenvalue weighted by atomic mass is 15.0. The van der Waals surface area contributed by atoms with Crippen LogP contribution in [0.25, 0.3) is 0 Å². The second-order valence-electron chi connectivity index (χ2n) is 4.95. The lowest BCUT2D eigenvalue weighted by atomic mass is 9.72. The normalized spacial score (nSPS) is 18.9. The third-order valence-electron chi connectivity index (χ3n) is 3.25. The Bertz CT molecular complexity index is 340. The van der Waals surface area contributed by atoms with E-state index in [1.807, 2.05) is 0 Å². The van der Waals surface area contributed by atoms with Crippen molar-refractivity contribution in [3.05, 3.63) is 35.4 Å². The second kappa shape index (κ2) is 3.95. The molecule has 2 nitrogen and oxygen atoms in total. The van der Waals surface area contributed by atoms with Gasteiger partial charge in [-0.1, -0.05) is 24.3 Å². The van der Waals surface area contributed by atoms with Crippen molar-refractivity contribution < 1.29 is 0 Å². The smallest absolute Gasteiger partial charge is 0.0409 e. The van der Waals surface area contributed by atoms with Gasteiger partial charge >= 0.3 is 0 Å². The zero-order valence-electron chi connectivity index (χ0n) is 9.66. The van der Waals surface area contributed by atoms with Crippen molar-refractivity contribution in [2.75, 3.05) is 14.1 Å². The van der Waals surface area contributed by atoms with E-state index < -0.39 is 0 Å². The summed E-state index contributed by atoms with van der Waals surface area (Å²) < 4.78 is 0. The summed E-state index contributed by atoms with van der Waals surface area (Å²) >= 11 is 0. The number of nitrogens with two attached hydrogens (primary N) is 1. The molecule has 1 aliphatic carbocycles. The minimum absolute atomic E-state index is 0.0255. The van der Waals surface area contributed by atoms with Crippen LogP contribution in [0.5, 0.6) is 0 Å². The summed E-state index contributed by atoms with van der Waals surface area (Å²) in [5.41, 5.74) is 8.95. The molecule has 0 aliphatic heterocycles. The maximum absolute atomic E-state index is 6.31. The quantitative estimate of drug-likeness (QED) is 0.817. The van der Waals surface area contributed by atoms with Gasteiger partial charge in [-0.3, -0.25) is 0 Å². The van der Waals surface area contributed by atoms with Gasteiger partial charge in [0.25, 0.3) is 0 Å². The highest BCUT2D eigenvalue weighted by Crippen LogP contribution is 2.38. The van der Waals surface area contributed by atoms with Gasteiger partial charge in [0.1, 0.15) is 0 Å². The fourth-order valence-electron chi connectivity index (χ4n) is 2.19. The molecule has 0 saturated heterocycles. The average molecular weight is 204 g/mol. The van der Waals surface area contributed by atoms with E-state index in [-0.39, 0.29) is 5.54 Å². The van der Waals surface area contributed by atoms with Gasteiger partial charge in [0.05, 0.1) is 0 Å². The molecule has 0 bridgehead atoms. The first-order chi connectivity index (χ1) is 7.10. The van der Waals surface area contributed by atoms with Gasteiger partial charge in [0.2, 0.25) is 0 Å². The van der Waals surface area contributed by atoms with Crippen LogP contribution in [0.4, 0.5) is 0 Å². The predicted molar refractivity (Wildman–Crippen MR) is 63.5 cm³/mol. The Morgan fingerprint density at radius 1 is 1.33 bits per heavy atom. The van der Waals surface area contributed by atoms with E-state index in [2.05, 4.69) is 43.3 Å². The first-order valence-corrected chi connectivity index (χ1v) is 5.63. The Morgan fingerprint density at radius 2 is 2.07 bits per heavy atom. The number of nitrogens with zero attached hydrogens (tertiary/aromatic N) is 1.